The molecule has 11 nitrogen and oxygen atoms in total. The van der Waals surface area contributed by atoms with Gasteiger partial charge in [0.15, 0.2) is 6.10 Å². The number of ether oxygens (including phenoxy) is 3. The second-order valence-electron chi connectivity index (χ2n) is 20.8. The number of rotatable bonds is 58. The van der Waals surface area contributed by atoms with Gasteiger partial charge in [0, 0.05) is 19.3 Å². The van der Waals surface area contributed by atoms with Gasteiger partial charge in [0.2, 0.25) is 0 Å². The van der Waals surface area contributed by atoms with E-state index in [1.807, 2.05) is 0 Å². The molecule has 78 heavy (non-hydrogen) atoms. The van der Waals surface area contributed by atoms with Crippen LogP contribution in [0.1, 0.15) is 278 Å². The summed E-state index contributed by atoms with van der Waals surface area (Å²) in [5, 5.41) is 9.84. The van der Waals surface area contributed by atoms with Gasteiger partial charge in [-0.15, -0.1) is 0 Å². The second kappa shape index (κ2) is 59.8. The Kier molecular flexibility index (Phi) is 57.2. The van der Waals surface area contributed by atoms with Crippen molar-refractivity contribution in [3.05, 3.63) is 85.1 Å². The van der Waals surface area contributed by atoms with E-state index in [1.165, 1.54) is 77.0 Å². The molecule has 0 aromatic rings. The zero-order valence-electron chi connectivity index (χ0n) is 49.9. The van der Waals surface area contributed by atoms with Crippen molar-refractivity contribution in [3.8, 4) is 0 Å². The van der Waals surface area contributed by atoms with Crippen molar-refractivity contribution in [2.24, 2.45) is 0 Å². The maximum atomic E-state index is 12.9. The van der Waals surface area contributed by atoms with Gasteiger partial charge < -0.3 is 24.2 Å². The van der Waals surface area contributed by atoms with Crippen molar-refractivity contribution in [2.45, 2.75) is 290 Å². The van der Waals surface area contributed by atoms with Crippen LogP contribution in [0.15, 0.2) is 85.1 Å². The molecule has 0 saturated carbocycles. The first kappa shape index (κ1) is 74.7. The highest BCUT2D eigenvalue weighted by Gasteiger charge is 2.28. The molecule has 0 aromatic heterocycles. The Morgan fingerprint density at radius 2 is 0.667 bits per heavy atom. The Balaban J connectivity index is 4.73. The monoisotopic (exact) mass is 1110 g/mol. The Hall–Kier alpha value is -3.34. The Bertz CT molecular complexity index is 1630. The van der Waals surface area contributed by atoms with Gasteiger partial charge in [-0.25, -0.2) is 4.57 Å². The number of allylic oxidation sites excluding steroid dienone is 14. The summed E-state index contributed by atoms with van der Waals surface area (Å²) in [4.78, 5) is 48.7. The van der Waals surface area contributed by atoms with Crippen LogP contribution in [0, 0.1) is 0 Å². The third-order valence-corrected chi connectivity index (χ3v) is 14.3. The van der Waals surface area contributed by atoms with E-state index in [0.29, 0.717) is 19.3 Å². The molecule has 0 aliphatic rings. The molecule has 3 unspecified atom stereocenters. The summed E-state index contributed by atoms with van der Waals surface area (Å²) in [7, 11) is -4.76. The molecule has 0 aliphatic carbocycles. The molecular formula is C66H115O11P. The first-order valence-electron chi connectivity index (χ1n) is 31.5. The van der Waals surface area contributed by atoms with Crippen LogP contribution in [0.4, 0.5) is 0 Å². The molecule has 0 bridgehead atoms. The van der Waals surface area contributed by atoms with Crippen molar-refractivity contribution in [2.75, 3.05) is 26.4 Å². The first-order valence-corrected chi connectivity index (χ1v) is 33.0. The van der Waals surface area contributed by atoms with E-state index in [1.54, 1.807) is 0 Å². The number of carbonyl (C=O) groups is 3. The molecule has 0 saturated heterocycles. The molecule has 0 heterocycles. The third-order valence-electron chi connectivity index (χ3n) is 13.3. The fraction of sp³-hybridized carbons (Fsp3) is 0.742. The van der Waals surface area contributed by atoms with Gasteiger partial charge in [-0.1, -0.05) is 254 Å². The minimum atomic E-state index is -4.76. The average molecular weight is 1120 g/mol. The van der Waals surface area contributed by atoms with Crippen LogP contribution in [-0.2, 0) is 42.2 Å². The van der Waals surface area contributed by atoms with Gasteiger partial charge in [-0.3, -0.25) is 23.4 Å². The fourth-order valence-electron chi connectivity index (χ4n) is 8.60. The lowest BCUT2D eigenvalue weighted by atomic mass is 10.0. The first-order chi connectivity index (χ1) is 38.2. The average Bonchev–Trinajstić information content (AvgIpc) is 3.43. The highest BCUT2D eigenvalue weighted by Crippen LogP contribution is 2.43. The molecule has 0 aromatic carbocycles. The summed E-state index contributed by atoms with van der Waals surface area (Å²) in [6.07, 6.45) is 69.6. The van der Waals surface area contributed by atoms with E-state index in [2.05, 4.69) is 106 Å². The van der Waals surface area contributed by atoms with Crippen LogP contribution in [0.5, 0.6) is 0 Å². The second-order valence-corrected chi connectivity index (χ2v) is 22.3. The van der Waals surface area contributed by atoms with Gasteiger partial charge in [0.1, 0.15) is 12.7 Å². The van der Waals surface area contributed by atoms with Crippen LogP contribution in [0.2, 0.25) is 0 Å². The van der Waals surface area contributed by atoms with E-state index in [0.717, 1.165) is 141 Å². The summed E-state index contributed by atoms with van der Waals surface area (Å²) in [5.41, 5.74) is 0. The van der Waals surface area contributed by atoms with Gasteiger partial charge in [-0.05, 0) is 89.9 Å². The van der Waals surface area contributed by atoms with Crippen molar-refractivity contribution in [1.82, 2.24) is 0 Å². The van der Waals surface area contributed by atoms with Crippen molar-refractivity contribution < 1.29 is 52.2 Å². The lowest BCUT2D eigenvalue weighted by Crippen LogP contribution is -2.30. The molecule has 0 fully saturated rings. The largest absolute Gasteiger partial charge is 0.472 e. The minimum Gasteiger partial charge on any atom is -0.462 e. The number of hydrogen-bond donors (Lipinski definition) is 2. The predicted octanol–water partition coefficient (Wildman–Crippen LogP) is 19.0. The maximum absolute atomic E-state index is 12.9. The number of aliphatic hydroxyl groups is 1. The molecule has 0 spiro atoms. The SMILES string of the molecule is CC/C=C\C/C=C\C/C=C\C/C=C\CCCCCCCCC(=O)OCC(COP(=O)(O)OCC(CO)OC(=O)CCCCCCCCCCCCCCCCC)OC(=O)CCCCCCCCC/C=C\C/C=C\C/C=C\CC. The Morgan fingerprint density at radius 3 is 1.03 bits per heavy atom. The number of phosphoric ester groups is 1. The molecule has 450 valence electrons. The standard InChI is InChI=1S/C66H115O11P/c1-4-7-10-13-16-19-22-25-28-30-31-33-35-37-40-43-46-49-52-55-64(68)73-59-63(77-66(70)57-54-51-48-45-42-39-36-32-29-26-23-20-17-14-11-8-5-2)61-75-78(71,72)74-60-62(58-67)76-65(69)56-53-50-47-44-41-38-34-27-24-21-18-15-12-9-6-3/h7-8,10-11,16-17,19-20,25-26,28-29,31,33,62-63,67H,4-6,9,12-15,18,21-24,27,30,32,34-61H2,1-3H3,(H,71,72)/b10-7-,11-8-,19-16-,20-17-,28-25-,29-26-,33-31-. The lowest BCUT2D eigenvalue weighted by molar-refractivity contribution is -0.161. The molecule has 2 N–H and O–H groups in total. The van der Waals surface area contributed by atoms with E-state index in [9.17, 15) is 28.9 Å². The molecule has 0 amide bonds. The van der Waals surface area contributed by atoms with Gasteiger partial charge >= 0.3 is 25.7 Å². The maximum Gasteiger partial charge on any atom is 0.472 e. The van der Waals surface area contributed by atoms with E-state index in [4.69, 9.17) is 23.3 Å². The lowest BCUT2D eigenvalue weighted by Gasteiger charge is -2.21. The van der Waals surface area contributed by atoms with Crippen LogP contribution in [0.3, 0.4) is 0 Å². The van der Waals surface area contributed by atoms with Crippen LogP contribution in [0.25, 0.3) is 0 Å². The summed E-state index contributed by atoms with van der Waals surface area (Å²) in [6, 6.07) is 0. The fourth-order valence-corrected chi connectivity index (χ4v) is 9.38. The van der Waals surface area contributed by atoms with Gasteiger partial charge in [0.05, 0.1) is 19.8 Å². The predicted molar refractivity (Wildman–Crippen MR) is 325 cm³/mol. The number of hydrogen-bond acceptors (Lipinski definition) is 10. The molecule has 3 atom stereocenters. The Morgan fingerprint density at radius 1 is 0.372 bits per heavy atom. The number of carbonyl (C=O) groups excluding carboxylic acids is 3. The molecule has 12 heteroatoms. The summed E-state index contributed by atoms with van der Waals surface area (Å²) < 4.78 is 39.7. The molecule has 0 radical (unpaired) electrons. The molecular weight excluding hydrogens is 1000 g/mol. The Labute approximate surface area is 477 Å². The zero-order chi connectivity index (χ0) is 56.9. The van der Waals surface area contributed by atoms with Crippen LogP contribution >= 0.6 is 7.82 Å². The smallest absolute Gasteiger partial charge is 0.462 e. The summed E-state index contributed by atoms with van der Waals surface area (Å²) >= 11 is 0. The van der Waals surface area contributed by atoms with Gasteiger partial charge in [-0.2, -0.15) is 0 Å². The summed E-state index contributed by atoms with van der Waals surface area (Å²) in [6.45, 7) is 4.43. The van der Waals surface area contributed by atoms with Crippen molar-refractivity contribution in [3.63, 3.8) is 0 Å². The van der Waals surface area contributed by atoms with Crippen molar-refractivity contribution in [1.29, 1.82) is 0 Å². The summed E-state index contributed by atoms with van der Waals surface area (Å²) in [5.74, 6) is -1.48. The highest BCUT2D eigenvalue weighted by atomic mass is 31.2. The number of aliphatic hydroxyl groups excluding tert-OH is 1. The highest BCUT2D eigenvalue weighted by molar-refractivity contribution is 7.47. The quantitative estimate of drug-likeness (QED) is 0.0197. The van der Waals surface area contributed by atoms with Gasteiger partial charge in [0.25, 0.3) is 0 Å². The normalized spacial score (nSPS) is 13.9. The minimum absolute atomic E-state index is 0.151. The third kappa shape index (κ3) is 57.3. The van der Waals surface area contributed by atoms with E-state index < -0.39 is 57.8 Å². The molecule has 0 aliphatic heterocycles. The number of phosphoric acid groups is 1. The van der Waals surface area contributed by atoms with Crippen LogP contribution < -0.4 is 0 Å². The van der Waals surface area contributed by atoms with Crippen LogP contribution in [-0.4, -0.2) is 66.5 Å². The number of esters is 3. The van der Waals surface area contributed by atoms with E-state index >= 15 is 0 Å². The topological polar surface area (TPSA) is 155 Å². The van der Waals surface area contributed by atoms with E-state index in [-0.39, 0.29) is 25.9 Å². The van der Waals surface area contributed by atoms with Crippen molar-refractivity contribution >= 4 is 25.7 Å². The number of unbranched alkanes of at least 4 members (excludes halogenated alkanes) is 27. The zero-order valence-corrected chi connectivity index (χ0v) is 50.8. The molecule has 0 rings (SSSR count).